The van der Waals surface area contributed by atoms with E-state index in [1.54, 1.807) is 6.92 Å². The van der Waals surface area contributed by atoms with Crippen LogP contribution in [0, 0.1) is 5.82 Å². The van der Waals surface area contributed by atoms with Crippen molar-refractivity contribution in [3.05, 3.63) is 65.5 Å². The molecule has 0 radical (unpaired) electrons. The van der Waals surface area contributed by atoms with Crippen molar-refractivity contribution in [3.63, 3.8) is 0 Å². The fourth-order valence-corrected chi connectivity index (χ4v) is 2.86. The standard InChI is InChI=1S/C18H18FNO4S/c1-3-24-18(21)16(12-4-8-14(19)9-5-12)17(20)13-6-10-15(11-7-13)25(2,22)23/h4-11H,3,20H2,1-2H3/b17-16+. The van der Waals surface area contributed by atoms with Gasteiger partial charge >= 0.3 is 5.97 Å². The van der Waals surface area contributed by atoms with Gasteiger partial charge in [-0.15, -0.1) is 0 Å². The second kappa shape index (κ2) is 7.48. The van der Waals surface area contributed by atoms with E-state index in [2.05, 4.69) is 0 Å². The van der Waals surface area contributed by atoms with E-state index in [-0.39, 0.29) is 22.8 Å². The monoisotopic (exact) mass is 363 g/mol. The number of carbonyl (C=O) groups is 1. The highest BCUT2D eigenvalue weighted by atomic mass is 32.2. The zero-order valence-electron chi connectivity index (χ0n) is 13.8. The highest BCUT2D eigenvalue weighted by molar-refractivity contribution is 7.90. The van der Waals surface area contributed by atoms with Crippen LogP contribution in [0.5, 0.6) is 0 Å². The van der Waals surface area contributed by atoms with Gasteiger partial charge in [0.05, 0.1) is 22.8 Å². The Morgan fingerprint density at radius 2 is 1.56 bits per heavy atom. The summed E-state index contributed by atoms with van der Waals surface area (Å²) in [6.07, 6.45) is 1.10. The molecule has 2 rings (SSSR count). The maximum atomic E-state index is 13.2. The number of hydrogen-bond donors (Lipinski definition) is 1. The zero-order chi connectivity index (χ0) is 18.6. The summed E-state index contributed by atoms with van der Waals surface area (Å²) in [5, 5.41) is 0. The number of ether oxygens (including phenoxy) is 1. The first-order chi connectivity index (χ1) is 11.7. The Morgan fingerprint density at radius 1 is 1.04 bits per heavy atom. The number of halogens is 1. The lowest BCUT2D eigenvalue weighted by Gasteiger charge is -2.12. The van der Waals surface area contributed by atoms with Crippen molar-refractivity contribution in [2.45, 2.75) is 11.8 Å². The first-order valence-electron chi connectivity index (χ1n) is 7.47. The Morgan fingerprint density at radius 3 is 2.04 bits per heavy atom. The molecule has 2 aromatic rings. The van der Waals surface area contributed by atoms with E-state index in [0.29, 0.717) is 11.1 Å². The Balaban J connectivity index is 2.57. The molecule has 0 heterocycles. The lowest BCUT2D eigenvalue weighted by atomic mass is 10.00. The molecule has 0 aliphatic carbocycles. The van der Waals surface area contributed by atoms with E-state index in [4.69, 9.17) is 10.5 Å². The first-order valence-corrected chi connectivity index (χ1v) is 9.36. The molecule has 132 valence electrons. The minimum atomic E-state index is -3.34. The van der Waals surface area contributed by atoms with E-state index < -0.39 is 21.6 Å². The van der Waals surface area contributed by atoms with Crippen molar-refractivity contribution < 1.29 is 22.3 Å². The molecule has 0 saturated carbocycles. The molecule has 0 fully saturated rings. The van der Waals surface area contributed by atoms with Gasteiger partial charge in [-0.25, -0.2) is 17.6 Å². The first kappa shape index (κ1) is 18.7. The van der Waals surface area contributed by atoms with Crippen LogP contribution in [0.4, 0.5) is 4.39 Å². The smallest absolute Gasteiger partial charge is 0.340 e. The van der Waals surface area contributed by atoms with Crippen molar-refractivity contribution in [1.29, 1.82) is 0 Å². The van der Waals surface area contributed by atoms with Gasteiger partial charge in [-0.05, 0) is 42.3 Å². The number of sulfone groups is 1. The van der Waals surface area contributed by atoms with Crippen LogP contribution in [-0.2, 0) is 19.4 Å². The highest BCUT2D eigenvalue weighted by Gasteiger charge is 2.19. The largest absolute Gasteiger partial charge is 0.462 e. The molecule has 0 aromatic heterocycles. The average molecular weight is 363 g/mol. The second-order valence-corrected chi connectivity index (χ2v) is 7.33. The molecule has 0 atom stereocenters. The summed E-state index contributed by atoms with van der Waals surface area (Å²) < 4.78 is 41.3. The molecule has 0 aliphatic rings. The summed E-state index contributed by atoms with van der Waals surface area (Å²) in [4.78, 5) is 12.5. The number of carbonyl (C=O) groups excluding carboxylic acids is 1. The van der Waals surface area contributed by atoms with E-state index in [9.17, 15) is 17.6 Å². The average Bonchev–Trinajstić information content (AvgIpc) is 2.56. The van der Waals surface area contributed by atoms with E-state index in [1.165, 1.54) is 48.5 Å². The molecule has 7 heteroatoms. The summed E-state index contributed by atoms with van der Waals surface area (Å²) in [6, 6.07) is 11.1. The SMILES string of the molecule is CCOC(=O)/C(=C(/N)c1ccc(S(C)(=O)=O)cc1)c1ccc(F)cc1. The van der Waals surface area contributed by atoms with Gasteiger partial charge in [0, 0.05) is 6.26 Å². The second-order valence-electron chi connectivity index (χ2n) is 5.31. The van der Waals surface area contributed by atoms with E-state index in [1.807, 2.05) is 0 Å². The maximum Gasteiger partial charge on any atom is 0.340 e. The third-order valence-corrected chi connectivity index (χ3v) is 4.60. The Hall–Kier alpha value is -2.67. The number of esters is 1. The van der Waals surface area contributed by atoms with Gasteiger partial charge in [0.25, 0.3) is 0 Å². The van der Waals surface area contributed by atoms with Crippen molar-refractivity contribution in [3.8, 4) is 0 Å². The molecule has 25 heavy (non-hydrogen) atoms. The summed E-state index contributed by atoms with van der Waals surface area (Å²) in [6.45, 7) is 1.82. The summed E-state index contributed by atoms with van der Waals surface area (Å²) in [5.74, 6) is -1.08. The highest BCUT2D eigenvalue weighted by Crippen LogP contribution is 2.25. The molecular formula is C18H18FNO4S. The van der Waals surface area contributed by atoms with Crippen LogP contribution in [-0.4, -0.2) is 27.2 Å². The lowest BCUT2D eigenvalue weighted by molar-refractivity contribution is -0.136. The minimum absolute atomic E-state index is 0.0916. The van der Waals surface area contributed by atoms with Crippen LogP contribution in [0.15, 0.2) is 53.4 Å². The van der Waals surface area contributed by atoms with Gasteiger partial charge in [0.1, 0.15) is 5.82 Å². The van der Waals surface area contributed by atoms with Gasteiger partial charge in [-0.2, -0.15) is 0 Å². The lowest BCUT2D eigenvalue weighted by Crippen LogP contribution is -2.13. The van der Waals surface area contributed by atoms with Gasteiger partial charge < -0.3 is 10.5 Å². The molecule has 0 saturated heterocycles. The predicted molar refractivity (Wildman–Crippen MR) is 93.6 cm³/mol. The quantitative estimate of drug-likeness (QED) is 0.501. The van der Waals surface area contributed by atoms with Crippen LogP contribution in [0.3, 0.4) is 0 Å². The van der Waals surface area contributed by atoms with Gasteiger partial charge in [0.2, 0.25) is 0 Å². The van der Waals surface area contributed by atoms with Crippen LogP contribution < -0.4 is 5.73 Å². The number of benzene rings is 2. The normalized spacial score (nSPS) is 12.4. The predicted octanol–water partition coefficient (Wildman–Crippen LogP) is 2.62. The fourth-order valence-electron chi connectivity index (χ4n) is 2.23. The third kappa shape index (κ3) is 4.45. The fraction of sp³-hybridized carbons (Fsp3) is 0.167. The third-order valence-electron chi connectivity index (χ3n) is 3.48. The molecule has 0 unspecified atom stereocenters. The number of hydrogen-bond acceptors (Lipinski definition) is 5. The summed E-state index contributed by atoms with van der Waals surface area (Å²) in [5.41, 5.74) is 7.21. The minimum Gasteiger partial charge on any atom is -0.462 e. The molecule has 0 bridgehead atoms. The molecule has 0 spiro atoms. The van der Waals surface area contributed by atoms with Crippen LogP contribution in [0.25, 0.3) is 11.3 Å². The molecule has 5 nitrogen and oxygen atoms in total. The van der Waals surface area contributed by atoms with Crippen LogP contribution in [0.1, 0.15) is 18.1 Å². The molecule has 0 amide bonds. The summed E-state index contributed by atoms with van der Waals surface area (Å²) in [7, 11) is -3.34. The van der Waals surface area contributed by atoms with Gasteiger partial charge in [0.15, 0.2) is 9.84 Å². The van der Waals surface area contributed by atoms with Gasteiger partial charge in [-0.1, -0.05) is 24.3 Å². The number of rotatable bonds is 5. The van der Waals surface area contributed by atoms with Crippen molar-refractivity contribution in [2.75, 3.05) is 12.9 Å². The van der Waals surface area contributed by atoms with Crippen molar-refractivity contribution in [2.24, 2.45) is 5.73 Å². The van der Waals surface area contributed by atoms with Crippen LogP contribution in [0.2, 0.25) is 0 Å². The Labute approximate surface area is 145 Å². The maximum absolute atomic E-state index is 13.2. The summed E-state index contributed by atoms with van der Waals surface area (Å²) >= 11 is 0. The van der Waals surface area contributed by atoms with E-state index in [0.717, 1.165) is 6.26 Å². The Bertz CT molecular complexity index is 901. The van der Waals surface area contributed by atoms with Crippen LogP contribution >= 0.6 is 0 Å². The van der Waals surface area contributed by atoms with Gasteiger partial charge in [-0.3, -0.25) is 0 Å². The number of nitrogens with two attached hydrogens (primary N) is 1. The molecule has 2 N–H and O–H groups in total. The van der Waals surface area contributed by atoms with Crippen molar-refractivity contribution in [1.82, 2.24) is 0 Å². The zero-order valence-corrected chi connectivity index (χ0v) is 14.6. The molecular weight excluding hydrogens is 345 g/mol. The Kier molecular flexibility index (Phi) is 5.58. The topological polar surface area (TPSA) is 86.5 Å². The van der Waals surface area contributed by atoms with Crippen molar-refractivity contribution >= 4 is 27.1 Å². The molecule has 0 aliphatic heterocycles. The van der Waals surface area contributed by atoms with E-state index >= 15 is 0 Å². The molecule has 2 aromatic carbocycles.